The minimum atomic E-state index is 0.889. The fourth-order valence-electron chi connectivity index (χ4n) is 2.29. The summed E-state index contributed by atoms with van der Waals surface area (Å²) in [6.45, 7) is 5.57. The van der Waals surface area contributed by atoms with E-state index in [1.54, 1.807) is 0 Å². The summed E-state index contributed by atoms with van der Waals surface area (Å²) < 4.78 is 2.14. The molecule has 0 unspecified atom stereocenters. The molecule has 1 saturated heterocycles. The smallest absolute Gasteiger partial charge is 0.204 e. The predicted octanol–water partition coefficient (Wildman–Crippen LogP) is 0.625. The molecule has 2 rings (SSSR count). The van der Waals surface area contributed by atoms with Crippen LogP contribution in [0.15, 0.2) is 6.20 Å². The minimum absolute atomic E-state index is 0.889. The van der Waals surface area contributed by atoms with Crippen LogP contribution in [0.4, 0.5) is 5.95 Å². The lowest BCUT2D eigenvalue weighted by Crippen LogP contribution is -2.37. The summed E-state index contributed by atoms with van der Waals surface area (Å²) in [5.41, 5.74) is 1.23. The molecule has 1 aromatic rings. The molecule has 1 aliphatic rings. The Morgan fingerprint density at radius 2 is 2.11 bits per heavy atom. The average Bonchev–Trinajstić information content (AvgIpc) is 2.77. The van der Waals surface area contributed by atoms with Crippen LogP contribution in [0.25, 0.3) is 0 Å². The molecule has 6 heteroatoms. The SMILES string of the molecule is CN(C)c1ncc(CNCCN2CCSCC2)n1C. The summed E-state index contributed by atoms with van der Waals surface area (Å²) in [4.78, 5) is 9.00. The molecular formula is C13H25N5S. The van der Waals surface area contributed by atoms with Crippen LogP contribution in [-0.4, -0.2) is 66.2 Å². The molecule has 2 heterocycles. The Morgan fingerprint density at radius 3 is 2.74 bits per heavy atom. The minimum Gasteiger partial charge on any atom is -0.348 e. The molecule has 1 N–H and O–H groups in total. The van der Waals surface area contributed by atoms with Crippen molar-refractivity contribution in [3.05, 3.63) is 11.9 Å². The van der Waals surface area contributed by atoms with Gasteiger partial charge in [-0.3, -0.25) is 0 Å². The molecule has 1 aliphatic heterocycles. The maximum Gasteiger partial charge on any atom is 0.204 e. The van der Waals surface area contributed by atoms with Gasteiger partial charge in [0.05, 0.1) is 11.9 Å². The van der Waals surface area contributed by atoms with Crippen LogP contribution in [0.1, 0.15) is 5.69 Å². The molecule has 0 bridgehead atoms. The van der Waals surface area contributed by atoms with E-state index in [1.165, 1.54) is 30.3 Å². The van der Waals surface area contributed by atoms with E-state index in [9.17, 15) is 0 Å². The molecule has 1 aromatic heterocycles. The van der Waals surface area contributed by atoms with E-state index in [1.807, 2.05) is 25.2 Å². The zero-order valence-electron chi connectivity index (χ0n) is 12.2. The monoisotopic (exact) mass is 283 g/mol. The fourth-order valence-corrected chi connectivity index (χ4v) is 3.27. The van der Waals surface area contributed by atoms with Crippen LogP contribution in [0.2, 0.25) is 0 Å². The number of nitrogens with zero attached hydrogens (tertiary/aromatic N) is 4. The van der Waals surface area contributed by atoms with Gasteiger partial charge in [0, 0.05) is 65.4 Å². The lowest BCUT2D eigenvalue weighted by molar-refractivity contribution is 0.300. The normalized spacial score (nSPS) is 16.8. The number of aromatic nitrogens is 2. The Bertz CT molecular complexity index is 384. The molecule has 5 nitrogen and oxygen atoms in total. The van der Waals surface area contributed by atoms with Gasteiger partial charge in [-0.15, -0.1) is 0 Å². The largest absolute Gasteiger partial charge is 0.348 e. The molecule has 0 aromatic carbocycles. The van der Waals surface area contributed by atoms with Crippen molar-refractivity contribution >= 4 is 17.7 Å². The molecule has 0 atom stereocenters. The highest BCUT2D eigenvalue weighted by Gasteiger charge is 2.10. The molecular weight excluding hydrogens is 258 g/mol. The molecule has 1 fully saturated rings. The molecule has 0 amide bonds. The highest BCUT2D eigenvalue weighted by Crippen LogP contribution is 2.10. The summed E-state index contributed by atoms with van der Waals surface area (Å²) >= 11 is 2.06. The predicted molar refractivity (Wildman–Crippen MR) is 83.0 cm³/mol. The summed E-state index contributed by atoms with van der Waals surface area (Å²) in [6, 6.07) is 0. The highest BCUT2D eigenvalue weighted by molar-refractivity contribution is 7.99. The summed E-state index contributed by atoms with van der Waals surface area (Å²) in [5, 5.41) is 3.51. The second-order valence-electron chi connectivity index (χ2n) is 5.13. The Hall–Kier alpha value is -0.720. The second kappa shape index (κ2) is 7.17. The van der Waals surface area contributed by atoms with Crippen LogP contribution in [-0.2, 0) is 13.6 Å². The molecule has 0 spiro atoms. The van der Waals surface area contributed by atoms with E-state index in [2.05, 4.69) is 38.6 Å². The zero-order valence-corrected chi connectivity index (χ0v) is 13.0. The van der Waals surface area contributed by atoms with Crippen molar-refractivity contribution in [3.63, 3.8) is 0 Å². The van der Waals surface area contributed by atoms with Gasteiger partial charge in [0.2, 0.25) is 5.95 Å². The topological polar surface area (TPSA) is 36.3 Å². The van der Waals surface area contributed by atoms with Crippen molar-refractivity contribution in [2.45, 2.75) is 6.54 Å². The quantitative estimate of drug-likeness (QED) is 0.775. The Labute approximate surface area is 120 Å². The number of hydrogen-bond acceptors (Lipinski definition) is 5. The zero-order chi connectivity index (χ0) is 13.7. The van der Waals surface area contributed by atoms with Crippen molar-refractivity contribution in [1.82, 2.24) is 19.8 Å². The van der Waals surface area contributed by atoms with E-state index >= 15 is 0 Å². The first-order valence-electron chi connectivity index (χ1n) is 6.87. The maximum absolute atomic E-state index is 4.42. The van der Waals surface area contributed by atoms with Gasteiger partial charge in [0.15, 0.2) is 0 Å². The number of thioether (sulfide) groups is 1. The lowest BCUT2D eigenvalue weighted by Gasteiger charge is -2.26. The van der Waals surface area contributed by atoms with Gasteiger partial charge in [-0.05, 0) is 0 Å². The van der Waals surface area contributed by atoms with E-state index in [0.717, 1.165) is 25.6 Å². The average molecular weight is 283 g/mol. The molecule has 0 saturated carbocycles. The number of imidazole rings is 1. The van der Waals surface area contributed by atoms with Gasteiger partial charge in [0.25, 0.3) is 0 Å². The molecule has 0 radical (unpaired) electrons. The third kappa shape index (κ3) is 4.12. The first kappa shape index (κ1) is 14.7. The Morgan fingerprint density at radius 1 is 1.37 bits per heavy atom. The van der Waals surface area contributed by atoms with Crippen LogP contribution < -0.4 is 10.2 Å². The number of anilines is 1. The van der Waals surface area contributed by atoms with Gasteiger partial charge in [0.1, 0.15) is 0 Å². The van der Waals surface area contributed by atoms with Crippen molar-refractivity contribution in [1.29, 1.82) is 0 Å². The number of hydrogen-bond donors (Lipinski definition) is 1. The van der Waals surface area contributed by atoms with Crippen LogP contribution in [0.5, 0.6) is 0 Å². The van der Waals surface area contributed by atoms with Gasteiger partial charge in [-0.2, -0.15) is 11.8 Å². The van der Waals surface area contributed by atoms with Crippen molar-refractivity contribution in [3.8, 4) is 0 Å². The van der Waals surface area contributed by atoms with Crippen LogP contribution >= 0.6 is 11.8 Å². The van der Waals surface area contributed by atoms with Gasteiger partial charge in [-0.25, -0.2) is 4.98 Å². The van der Waals surface area contributed by atoms with E-state index < -0.39 is 0 Å². The van der Waals surface area contributed by atoms with Gasteiger partial charge < -0.3 is 19.7 Å². The van der Waals surface area contributed by atoms with E-state index in [4.69, 9.17) is 0 Å². The first-order chi connectivity index (χ1) is 9.18. The van der Waals surface area contributed by atoms with Crippen molar-refractivity contribution in [2.24, 2.45) is 7.05 Å². The molecule has 0 aliphatic carbocycles. The lowest BCUT2D eigenvalue weighted by atomic mass is 10.4. The summed E-state index contributed by atoms with van der Waals surface area (Å²) in [7, 11) is 6.11. The molecule has 108 valence electrons. The number of nitrogens with one attached hydrogen (secondary N) is 1. The summed E-state index contributed by atoms with van der Waals surface area (Å²) in [6.07, 6.45) is 1.96. The van der Waals surface area contributed by atoms with Gasteiger partial charge in [-0.1, -0.05) is 0 Å². The fraction of sp³-hybridized carbons (Fsp3) is 0.769. The third-order valence-electron chi connectivity index (χ3n) is 3.47. The Kier molecular flexibility index (Phi) is 5.54. The van der Waals surface area contributed by atoms with Crippen molar-refractivity contribution < 1.29 is 0 Å². The first-order valence-corrected chi connectivity index (χ1v) is 8.02. The summed E-state index contributed by atoms with van der Waals surface area (Å²) in [5.74, 6) is 3.58. The molecule has 19 heavy (non-hydrogen) atoms. The number of rotatable bonds is 6. The van der Waals surface area contributed by atoms with Crippen molar-refractivity contribution in [2.75, 3.05) is 56.7 Å². The highest BCUT2D eigenvalue weighted by atomic mass is 32.2. The maximum atomic E-state index is 4.42. The van der Waals surface area contributed by atoms with Crippen LogP contribution in [0.3, 0.4) is 0 Å². The van der Waals surface area contributed by atoms with E-state index in [-0.39, 0.29) is 0 Å². The van der Waals surface area contributed by atoms with Gasteiger partial charge >= 0.3 is 0 Å². The van der Waals surface area contributed by atoms with Crippen LogP contribution in [0, 0.1) is 0 Å². The van der Waals surface area contributed by atoms with E-state index in [0.29, 0.717) is 0 Å². The Balaban J connectivity index is 1.70. The standard InChI is InChI=1S/C13H25N5S/c1-16(2)13-15-11-12(17(13)3)10-14-4-5-18-6-8-19-9-7-18/h11,14H,4-10H2,1-3H3. The second-order valence-corrected chi connectivity index (χ2v) is 6.36. The third-order valence-corrected chi connectivity index (χ3v) is 4.42.